The van der Waals surface area contributed by atoms with Gasteiger partial charge in [-0.05, 0) is 25.7 Å². The van der Waals surface area contributed by atoms with Gasteiger partial charge in [0.2, 0.25) is 11.8 Å². The molecular formula is C28H43N3O7. The van der Waals surface area contributed by atoms with Gasteiger partial charge in [0.1, 0.15) is 24.2 Å². The number of rotatable bonds is 12. The predicted octanol–water partition coefficient (Wildman–Crippen LogP) is 0.844. The Labute approximate surface area is 225 Å². The molecule has 4 aliphatic heterocycles. The van der Waals surface area contributed by atoms with Crippen molar-refractivity contribution in [2.45, 2.75) is 56.9 Å². The molecule has 4 saturated heterocycles. The fourth-order valence-electron chi connectivity index (χ4n) is 7.06. The average molecular weight is 534 g/mol. The predicted molar refractivity (Wildman–Crippen MR) is 140 cm³/mol. The summed E-state index contributed by atoms with van der Waals surface area (Å²) in [7, 11) is 0. The molecule has 0 aliphatic carbocycles. The minimum absolute atomic E-state index is 0.0304. The second-order valence-electron chi connectivity index (χ2n) is 11.1. The van der Waals surface area contributed by atoms with Crippen LogP contribution in [0.5, 0.6) is 0 Å². The second-order valence-corrected chi connectivity index (χ2v) is 11.1. The SMILES string of the molecule is C=CCOC(=O)[C@@H]1[C@H]2C(=O)N([C@@H](CC)CO)C(C(=O)N(CC=C)CCN3CCOCC3)C23CC(C)[C@@]1(C)O3. The van der Waals surface area contributed by atoms with Crippen LogP contribution in [0.3, 0.4) is 0 Å². The van der Waals surface area contributed by atoms with Crippen LogP contribution in [-0.4, -0.2) is 120 Å². The van der Waals surface area contributed by atoms with Crippen molar-refractivity contribution in [3.8, 4) is 0 Å². The Balaban J connectivity index is 1.72. The molecule has 4 rings (SSSR count). The van der Waals surface area contributed by atoms with Crippen LogP contribution in [0, 0.1) is 17.8 Å². The molecule has 0 aromatic carbocycles. The van der Waals surface area contributed by atoms with Crippen LogP contribution in [0.25, 0.3) is 0 Å². The lowest BCUT2D eigenvalue weighted by Gasteiger charge is -2.40. The normalized spacial score (nSPS) is 35.2. The number of esters is 1. The first-order valence-electron chi connectivity index (χ1n) is 13.8. The van der Waals surface area contributed by atoms with E-state index in [1.165, 1.54) is 11.0 Å². The van der Waals surface area contributed by atoms with Gasteiger partial charge in [0, 0.05) is 32.7 Å². The van der Waals surface area contributed by atoms with E-state index in [0.717, 1.165) is 13.1 Å². The second kappa shape index (κ2) is 11.5. The van der Waals surface area contributed by atoms with E-state index in [-0.39, 0.29) is 30.9 Å². The van der Waals surface area contributed by atoms with Gasteiger partial charge in [-0.1, -0.05) is 32.6 Å². The van der Waals surface area contributed by atoms with E-state index in [9.17, 15) is 19.5 Å². The molecule has 10 heteroatoms. The summed E-state index contributed by atoms with van der Waals surface area (Å²) in [5, 5.41) is 10.2. The number of aliphatic hydroxyl groups excluding tert-OH is 1. The Morgan fingerprint density at radius 1 is 1.29 bits per heavy atom. The van der Waals surface area contributed by atoms with Crippen molar-refractivity contribution in [2.24, 2.45) is 17.8 Å². The van der Waals surface area contributed by atoms with E-state index >= 15 is 0 Å². The number of ether oxygens (including phenoxy) is 3. The average Bonchev–Trinajstić information content (AvgIpc) is 3.43. The highest BCUT2D eigenvalue weighted by molar-refractivity contribution is 5.98. The van der Waals surface area contributed by atoms with Crippen LogP contribution in [-0.2, 0) is 28.6 Å². The highest BCUT2D eigenvalue weighted by Crippen LogP contribution is 2.65. The number of amides is 2. The summed E-state index contributed by atoms with van der Waals surface area (Å²) in [6.07, 6.45) is 4.10. The summed E-state index contributed by atoms with van der Waals surface area (Å²) in [6, 6.07) is -1.53. The number of hydrogen-bond acceptors (Lipinski definition) is 8. The van der Waals surface area contributed by atoms with E-state index in [1.807, 2.05) is 20.8 Å². The molecule has 10 nitrogen and oxygen atoms in total. The molecular weight excluding hydrogens is 490 g/mol. The maximum atomic E-state index is 14.4. The fraction of sp³-hybridized carbons (Fsp3) is 0.750. The van der Waals surface area contributed by atoms with E-state index < -0.39 is 41.1 Å². The Morgan fingerprint density at radius 2 is 2.00 bits per heavy atom. The molecule has 0 saturated carbocycles. The zero-order valence-electron chi connectivity index (χ0n) is 23.0. The zero-order chi connectivity index (χ0) is 27.7. The Kier molecular flexibility index (Phi) is 8.66. The first-order valence-corrected chi connectivity index (χ1v) is 13.8. The number of carbonyl (C=O) groups excluding carboxylic acids is 3. The fourth-order valence-corrected chi connectivity index (χ4v) is 7.06. The molecule has 2 amide bonds. The summed E-state index contributed by atoms with van der Waals surface area (Å²) < 4.78 is 17.6. The van der Waals surface area contributed by atoms with Crippen LogP contribution in [0.4, 0.5) is 0 Å². The van der Waals surface area contributed by atoms with E-state index in [4.69, 9.17) is 14.2 Å². The van der Waals surface area contributed by atoms with E-state index in [2.05, 4.69) is 18.1 Å². The Morgan fingerprint density at radius 3 is 2.61 bits per heavy atom. The van der Waals surface area contributed by atoms with Gasteiger partial charge in [0.15, 0.2) is 0 Å². The van der Waals surface area contributed by atoms with Crippen LogP contribution < -0.4 is 0 Å². The number of morpholine rings is 1. The van der Waals surface area contributed by atoms with Crippen LogP contribution in [0.15, 0.2) is 25.3 Å². The van der Waals surface area contributed by atoms with Gasteiger partial charge in [-0.2, -0.15) is 0 Å². The van der Waals surface area contributed by atoms with Gasteiger partial charge in [0.05, 0.1) is 37.4 Å². The summed E-state index contributed by atoms with van der Waals surface area (Å²) in [4.78, 5) is 47.4. The lowest BCUT2D eigenvalue weighted by Crippen LogP contribution is -2.59. The van der Waals surface area contributed by atoms with Crippen molar-refractivity contribution in [3.63, 3.8) is 0 Å². The van der Waals surface area contributed by atoms with E-state index in [1.54, 1.807) is 11.0 Å². The summed E-state index contributed by atoms with van der Waals surface area (Å²) >= 11 is 0. The van der Waals surface area contributed by atoms with Crippen molar-refractivity contribution in [2.75, 3.05) is 59.2 Å². The van der Waals surface area contributed by atoms with Crippen LogP contribution >= 0.6 is 0 Å². The summed E-state index contributed by atoms with van der Waals surface area (Å²) in [5.74, 6) is -2.88. The molecule has 4 fully saturated rings. The van der Waals surface area contributed by atoms with Gasteiger partial charge in [-0.3, -0.25) is 19.3 Å². The lowest BCUT2D eigenvalue weighted by molar-refractivity contribution is -0.163. The highest BCUT2D eigenvalue weighted by atomic mass is 16.6. The lowest BCUT2D eigenvalue weighted by atomic mass is 9.62. The number of fused-ring (bicyclic) bond motifs is 1. The molecule has 4 aliphatic rings. The Hall–Kier alpha value is -2.27. The zero-order valence-corrected chi connectivity index (χ0v) is 23.0. The van der Waals surface area contributed by atoms with Gasteiger partial charge in [-0.15, -0.1) is 6.58 Å². The van der Waals surface area contributed by atoms with E-state index in [0.29, 0.717) is 45.7 Å². The van der Waals surface area contributed by atoms with Crippen molar-refractivity contribution in [1.29, 1.82) is 0 Å². The highest BCUT2D eigenvalue weighted by Gasteiger charge is 2.80. The quantitative estimate of drug-likeness (QED) is 0.291. The molecule has 3 unspecified atom stereocenters. The monoisotopic (exact) mass is 533 g/mol. The molecule has 0 aromatic heterocycles. The van der Waals surface area contributed by atoms with Crippen molar-refractivity contribution in [3.05, 3.63) is 25.3 Å². The summed E-state index contributed by atoms with van der Waals surface area (Å²) in [5.41, 5.74) is -2.12. The third-order valence-electron chi connectivity index (χ3n) is 9.11. The molecule has 0 radical (unpaired) electrons. The largest absolute Gasteiger partial charge is 0.461 e. The minimum atomic E-state index is -1.18. The third kappa shape index (κ3) is 4.59. The topological polar surface area (TPSA) is 109 Å². The number of hydrogen-bond donors (Lipinski definition) is 1. The van der Waals surface area contributed by atoms with Gasteiger partial charge in [-0.25, -0.2) is 0 Å². The van der Waals surface area contributed by atoms with Gasteiger partial charge >= 0.3 is 5.97 Å². The number of aliphatic hydroxyl groups is 1. The number of carbonyl (C=O) groups is 3. The van der Waals surface area contributed by atoms with Crippen LogP contribution in [0.2, 0.25) is 0 Å². The molecule has 0 aromatic rings. The van der Waals surface area contributed by atoms with Crippen molar-refractivity contribution < 1.29 is 33.7 Å². The maximum Gasteiger partial charge on any atom is 0.313 e. The first kappa shape index (κ1) is 28.7. The van der Waals surface area contributed by atoms with Crippen molar-refractivity contribution >= 4 is 17.8 Å². The molecule has 1 spiro atoms. The third-order valence-corrected chi connectivity index (χ3v) is 9.11. The maximum absolute atomic E-state index is 14.4. The molecule has 7 atom stereocenters. The van der Waals surface area contributed by atoms with Gasteiger partial charge in [0.25, 0.3) is 0 Å². The molecule has 2 bridgehead atoms. The standard InChI is InChI=1S/C28H43N3O7/c1-6-9-30(11-10-29-12-15-36-16-13-29)25(34)23-28-17-19(4)27(5,38-28)22(26(35)37-14-7-2)21(28)24(33)31(23)20(8-3)18-32/h6-7,19-23,32H,1-2,8-18H2,3-5H3/t19?,20-,21-,22-,23?,27+,28?/m0/s1. The first-order chi connectivity index (χ1) is 18.2. The number of likely N-dealkylation sites (tertiary alicyclic amines) is 1. The number of nitrogens with zero attached hydrogens (tertiary/aromatic N) is 3. The Bertz CT molecular complexity index is 933. The molecule has 4 heterocycles. The minimum Gasteiger partial charge on any atom is -0.461 e. The smallest absolute Gasteiger partial charge is 0.313 e. The molecule has 212 valence electrons. The van der Waals surface area contributed by atoms with Gasteiger partial charge < -0.3 is 29.1 Å². The molecule has 1 N–H and O–H groups in total. The summed E-state index contributed by atoms with van der Waals surface area (Å²) in [6.45, 7) is 17.3. The molecule has 38 heavy (non-hydrogen) atoms. The van der Waals surface area contributed by atoms with Crippen molar-refractivity contribution in [1.82, 2.24) is 14.7 Å². The van der Waals surface area contributed by atoms with Crippen LogP contribution in [0.1, 0.15) is 33.6 Å².